The summed E-state index contributed by atoms with van der Waals surface area (Å²) in [6, 6.07) is 24.7. The first kappa shape index (κ1) is 42.3. The topological polar surface area (TPSA) is 120 Å². The first-order valence-corrected chi connectivity index (χ1v) is 20.0. The van der Waals surface area contributed by atoms with E-state index >= 15 is 0 Å². The molecular weight excluding hydrogens is 777 g/mol. The molecule has 54 heavy (non-hydrogen) atoms. The van der Waals surface area contributed by atoms with Crippen molar-refractivity contribution in [2.45, 2.75) is 38.9 Å². The van der Waals surface area contributed by atoms with Crippen molar-refractivity contribution in [1.82, 2.24) is 0 Å². The molecule has 1 N–H and O–H groups in total. The molecule has 13 heteroatoms. The summed E-state index contributed by atoms with van der Waals surface area (Å²) in [4.78, 5) is 12.5. The Labute approximate surface area is 326 Å². The third kappa shape index (κ3) is 12.0. The molecule has 4 aromatic carbocycles. The molecule has 0 saturated heterocycles. The summed E-state index contributed by atoms with van der Waals surface area (Å²) in [7, 11) is 2.75. The normalized spacial score (nSPS) is 11.9. The summed E-state index contributed by atoms with van der Waals surface area (Å²) in [5.41, 5.74) is 4.34. The largest absolute Gasteiger partial charge is 0.493 e. The molecule has 0 aliphatic heterocycles. The second-order valence-electron chi connectivity index (χ2n) is 11.8. The van der Waals surface area contributed by atoms with E-state index in [4.69, 9.17) is 37.5 Å². The van der Waals surface area contributed by atoms with Crippen LogP contribution in [0.5, 0.6) is 28.7 Å². The van der Waals surface area contributed by atoms with E-state index in [0.717, 1.165) is 32.4 Å². The molecule has 11 nitrogen and oxygen atoms in total. The first-order chi connectivity index (χ1) is 26.2. The summed E-state index contributed by atoms with van der Waals surface area (Å²) in [6.45, 7) is 4.35. The number of rotatable bonds is 22. The van der Waals surface area contributed by atoms with E-state index < -0.39 is 13.4 Å². The number of esters is 1. The van der Waals surface area contributed by atoms with E-state index in [1.54, 1.807) is 42.3 Å². The van der Waals surface area contributed by atoms with Crippen molar-refractivity contribution < 1.29 is 46.8 Å². The maximum atomic E-state index is 13.8. The van der Waals surface area contributed by atoms with E-state index in [9.17, 15) is 9.36 Å². The van der Waals surface area contributed by atoms with Gasteiger partial charge in [-0.05, 0) is 97.5 Å². The first-order valence-electron chi connectivity index (χ1n) is 17.6. The van der Waals surface area contributed by atoms with Gasteiger partial charge in [-0.15, -0.1) is 0 Å². The molecule has 0 aromatic heterocycles. The zero-order chi connectivity index (χ0) is 38.9. The highest BCUT2D eigenvalue weighted by Gasteiger charge is 2.37. The Morgan fingerprint density at radius 3 is 1.94 bits per heavy atom. The standard InChI is InChI=1S/C41H49BrNO10P/c1-7-52-54(45,53-8-2)41(32-17-19-33(42)20-18-32)43-34-21-14-29(15-22-34)10-9-11-39(44)51-25-24-50-36-26-30(16-23-35(36)46-3)12-13-31-27-37(47-4)40(49-6)38(28-31)48-5/h12-23,26-28,41,43H,7-11,24-25H2,1-6H3/b13-12-. The molecule has 0 aliphatic carbocycles. The van der Waals surface area contributed by atoms with Gasteiger partial charge in [0.15, 0.2) is 28.8 Å². The maximum Gasteiger partial charge on any atom is 0.357 e. The summed E-state index contributed by atoms with van der Waals surface area (Å²) in [6.07, 6.45) is 5.43. The van der Waals surface area contributed by atoms with Gasteiger partial charge in [0.2, 0.25) is 5.75 Å². The minimum absolute atomic E-state index is 0.0980. The van der Waals surface area contributed by atoms with Gasteiger partial charge in [0, 0.05) is 16.6 Å². The molecule has 1 atom stereocenters. The third-order valence-electron chi connectivity index (χ3n) is 8.17. The molecule has 0 heterocycles. The zero-order valence-electron chi connectivity index (χ0n) is 31.6. The van der Waals surface area contributed by atoms with E-state index in [1.807, 2.05) is 91.0 Å². The van der Waals surface area contributed by atoms with E-state index in [2.05, 4.69) is 21.2 Å². The number of ether oxygens (including phenoxy) is 6. The Bertz CT molecular complexity index is 1830. The van der Waals surface area contributed by atoms with E-state index in [0.29, 0.717) is 41.6 Å². The third-order valence-corrected chi connectivity index (χ3v) is 11.0. The second kappa shape index (κ2) is 21.4. The predicted molar refractivity (Wildman–Crippen MR) is 215 cm³/mol. The van der Waals surface area contributed by atoms with Crippen molar-refractivity contribution in [2.24, 2.45) is 0 Å². The molecule has 0 aliphatic rings. The van der Waals surface area contributed by atoms with E-state index in [-0.39, 0.29) is 38.8 Å². The zero-order valence-corrected chi connectivity index (χ0v) is 34.1. The van der Waals surface area contributed by atoms with Crippen LogP contribution in [0.15, 0.2) is 83.3 Å². The van der Waals surface area contributed by atoms with Gasteiger partial charge in [0.1, 0.15) is 13.2 Å². The molecule has 1 unspecified atom stereocenters. The van der Waals surface area contributed by atoms with Crippen molar-refractivity contribution in [3.63, 3.8) is 0 Å². The number of anilines is 1. The molecule has 0 bridgehead atoms. The van der Waals surface area contributed by atoms with Crippen molar-refractivity contribution in [3.05, 3.63) is 106 Å². The molecule has 290 valence electrons. The highest BCUT2D eigenvalue weighted by Crippen LogP contribution is 2.60. The van der Waals surface area contributed by atoms with Gasteiger partial charge in [-0.2, -0.15) is 0 Å². The Balaban J connectivity index is 1.26. The van der Waals surface area contributed by atoms with Crippen LogP contribution in [0.25, 0.3) is 12.2 Å². The van der Waals surface area contributed by atoms with Gasteiger partial charge in [-0.1, -0.05) is 58.4 Å². The molecule has 0 radical (unpaired) electrons. The van der Waals surface area contributed by atoms with Gasteiger partial charge >= 0.3 is 13.6 Å². The van der Waals surface area contributed by atoms with Gasteiger partial charge in [0.05, 0.1) is 41.7 Å². The van der Waals surface area contributed by atoms with Crippen molar-refractivity contribution in [2.75, 3.05) is 60.2 Å². The molecule has 0 amide bonds. The van der Waals surface area contributed by atoms with Gasteiger partial charge in [-0.25, -0.2) is 0 Å². The van der Waals surface area contributed by atoms with Crippen LogP contribution in [0, 0.1) is 0 Å². The van der Waals surface area contributed by atoms with Crippen LogP contribution in [-0.4, -0.2) is 60.8 Å². The lowest BCUT2D eigenvalue weighted by molar-refractivity contribution is -0.144. The van der Waals surface area contributed by atoms with Crippen LogP contribution in [0.3, 0.4) is 0 Å². The Hall–Kier alpha value is -4.48. The molecule has 0 saturated carbocycles. The van der Waals surface area contributed by atoms with Crippen molar-refractivity contribution in [3.8, 4) is 28.7 Å². The quantitative estimate of drug-likeness (QED) is 0.0353. The summed E-state index contributed by atoms with van der Waals surface area (Å²) < 4.78 is 59.3. The summed E-state index contributed by atoms with van der Waals surface area (Å²) in [5, 5.41) is 3.36. The van der Waals surface area contributed by atoms with Gasteiger partial charge in [-0.3, -0.25) is 9.36 Å². The van der Waals surface area contributed by atoms with E-state index in [1.165, 1.54) is 0 Å². The molecule has 0 fully saturated rings. The Morgan fingerprint density at radius 2 is 1.35 bits per heavy atom. The number of benzene rings is 4. The van der Waals surface area contributed by atoms with Crippen molar-refractivity contribution in [1.29, 1.82) is 0 Å². The monoisotopic (exact) mass is 825 g/mol. The summed E-state index contributed by atoms with van der Waals surface area (Å²) in [5.74, 6) is 1.74. The fourth-order valence-corrected chi connectivity index (χ4v) is 7.78. The highest BCUT2D eigenvalue weighted by molar-refractivity contribution is 9.10. The average Bonchev–Trinajstić information content (AvgIpc) is 3.18. The lowest BCUT2D eigenvalue weighted by atomic mass is 10.1. The van der Waals surface area contributed by atoms with Crippen LogP contribution >= 0.6 is 23.5 Å². The Kier molecular flexibility index (Phi) is 16.8. The number of carbonyl (C=O) groups is 1. The van der Waals surface area contributed by atoms with Gasteiger partial charge < -0.3 is 42.8 Å². The SMILES string of the molecule is CCOP(=O)(OCC)C(Nc1ccc(CCCC(=O)OCCOc2cc(/C=C\c3cc(OC)c(OC)c(OC)c3)ccc2OC)cc1)c1ccc(Br)cc1. The number of hydrogen-bond acceptors (Lipinski definition) is 11. The number of methoxy groups -OCH3 is 4. The summed E-state index contributed by atoms with van der Waals surface area (Å²) >= 11 is 3.46. The lowest BCUT2D eigenvalue weighted by Gasteiger charge is -2.28. The molecule has 4 aromatic rings. The average molecular weight is 827 g/mol. The van der Waals surface area contributed by atoms with Crippen LogP contribution < -0.4 is 29.0 Å². The Morgan fingerprint density at radius 1 is 0.741 bits per heavy atom. The molecule has 0 spiro atoms. The number of halogens is 1. The highest BCUT2D eigenvalue weighted by atomic mass is 79.9. The number of nitrogens with one attached hydrogen (secondary N) is 1. The van der Waals surface area contributed by atoms with Crippen LogP contribution in [0.1, 0.15) is 54.7 Å². The number of carbonyl (C=O) groups excluding carboxylic acids is 1. The number of hydrogen-bond donors (Lipinski definition) is 1. The maximum absolute atomic E-state index is 13.8. The minimum atomic E-state index is -3.54. The number of aryl methyl sites for hydroxylation is 1. The smallest absolute Gasteiger partial charge is 0.357 e. The van der Waals surface area contributed by atoms with Crippen LogP contribution in [-0.2, 0) is 29.6 Å². The molecular formula is C41H49BrNO10P. The predicted octanol–water partition coefficient (Wildman–Crippen LogP) is 9.98. The minimum Gasteiger partial charge on any atom is -0.493 e. The molecule has 4 rings (SSSR count). The van der Waals surface area contributed by atoms with Crippen LogP contribution in [0.4, 0.5) is 5.69 Å². The van der Waals surface area contributed by atoms with Crippen molar-refractivity contribution >= 4 is 47.3 Å². The fourth-order valence-electron chi connectivity index (χ4n) is 5.58. The lowest BCUT2D eigenvalue weighted by Crippen LogP contribution is -2.15. The fraction of sp³-hybridized carbons (Fsp3) is 0.341. The van der Waals surface area contributed by atoms with Gasteiger partial charge in [0.25, 0.3) is 0 Å². The second-order valence-corrected chi connectivity index (χ2v) is 14.8. The van der Waals surface area contributed by atoms with Crippen LogP contribution in [0.2, 0.25) is 0 Å².